The summed E-state index contributed by atoms with van der Waals surface area (Å²) in [5.74, 6) is 0.00215. The second kappa shape index (κ2) is 6.08. The van der Waals surface area contributed by atoms with E-state index in [1.807, 2.05) is 44.2 Å². The third-order valence-electron chi connectivity index (χ3n) is 4.55. The Morgan fingerprint density at radius 3 is 2.64 bits per heavy atom. The molecule has 22 heavy (non-hydrogen) atoms. The Morgan fingerprint density at radius 1 is 1.27 bits per heavy atom. The first-order valence-corrected chi connectivity index (χ1v) is 7.88. The molecule has 4 atom stereocenters. The molecule has 2 saturated heterocycles. The Hall–Kier alpha value is -1.88. The Morgan fingerprint density at radius 2 is 2.00 bits per heavy atom. The van der Waals surface area contributed by atoms with Gasteiger partial charge in [-0.15, -0.1) is 0 Å². The fraction of sp³-hybridized carbons (Fsp3) is 0.529. The summed E-state index contributed by atoms with van der Waals surface area (Å²) in [5, 5.41) is 2.88. The van der Waals surface area contributed by atoms with Gasteiger partial charge in [0.05, 0.1) is 0 Å². The average Bonchev–Trinajstić information content (AvgIpc) is 3.04. The summed E-state index contributed by atoms with van der Waals surface area (Å²) < 4.78 is 5.47. The van der Waals surface area contributed by atoms with Crippen LogP contribution in [0.3, 0.4) is 0 Å². The van der Waals surface area contributed by atoms with Crippen LogP contribution in [0.2, 0.25) is 0 Å². The van der Waals surface area contributed by atoms with Gasteiger partial charge in [-0.3, -0.25) is 9.59 Å². The minimum Gasteiger partial charge on any atom is -0.368 e. The van der Waals surface area contributed by atoms with Gasteiger partial charge in [-0.1, -0.05) is 25.1 Å². The molecule has 0 saturated carbocycles. The molecule has 2 aliphatic rings. The number of para-hydroxylation sites is 1. The van der Waals surface area contributed by atoms with E-state index in [-0.39, 0.29) is 23.8 Å². The lowest BCUT2D eigenvalue weighted by Crippen LogP contribution is -2.46. The minimum atomic E-state index is -0.459. The maximum Gasteiger partial charge on any atom is 0.250 e. The summed E-state index contributed by atoms with van der Waals surface area (Å²) in [6.45, 7) is 4.63. The number of hydrogen-bond donors (Lipinski definition) is 1. The molecule has 0 aliphatic carbocycles. The van der Waals surface area contributed by atoms with Gasteiger partial charge in [-0.2, -0.15) is 0 Å². The van der Waals surface area contributed by atoms with Gasteiger partial charge in [0.2, 0.25) is 11.8 Å². The molecule has 2 amide bonds. The number of nitrogens with one attached hydrogen (secondary N) is 1. The molecule has 1 aromatic carbocycles. The van der Waals surface area contributed by atoms with Gasteiger partial charge < -0.3 is 15.0 Å². The molecule has 0 spiro atoms. The lowest BCUT2D eigenvalue weighted by atomic mass is 10.0. The Balaban J connectivity index is 1.69. The number of nitrogens with zero attached hydrogens (tertiary/aromatic N) is 1. The Labute approximate surface area is 130 Å². The third-order valence-corrected chi connectivity index (χ3v) is 4.55. The second-order valence-electron chi connectivity index (χ2n) is 6.25. The zero-order valence-corrected chi connectivity index (χ0v) is 13.0. The Bertz CT molecular complexity index is 560. The third kappa shape index (κ3) is 2.73. The number of ether oxygens (including phenoxy) is 1. The van der Waals surface area contributed by atoms with Crippen molar-refractivity contribution in [3.8, 4) is 0 Å². The fourth-order valence-corrected chi connectivity index (χ4v) is 3.31. The summed E-state index contributed by atoms with van der Waals surface area (Å²) in [5.41, 5.74) is 0.877. The molecule has 2 aliphatic heterocycles. The SMILES string of the molecule is C[C@@H]1CCO[C@@H]1C(=O)N[C@H]1C[C@@H](C)N(c2ccccc2)C1=O. The van der Waals surface area contributed by atoms with Crippen LogP contribution in [0.1, 0.15) is 26.7 Å². The number of carbonyl (C=O) groups excluding carboxylic acids is 2. The summed E-state index contributed by atoms with van der Waals surface area (Å²) in [4.78, 5) is 26.7. The highest BCUT2D eigenvalue weighted by Gasteiger charge is 2.41. The van der Waals surface area contributed by atoms with Gasteiger partial charge in [0.1, 0.15) is 12.1 Å². The van der Waals surface area contributed by atoms with E-state index in [4.69, 9.17) is 4.74 Å². The fourth-order valence-electron chi connectivity index (χ4n) is 3.31. The number of rotatable bonds is 3. The molecule has 2 heterocycles. The van der Waals surface area contributed by atoms with Crippen molar-refractivity contribution >= 4 is 17.5 Å². The van der Waals surface area contributed by atoms with Crippen molar-refractivity contribution in [1.29, 1.82) is 0 Å². The van der Waals surface area contributed by atoms with Crippen molar-refractivity contribution in [3.63, 3.8) is 0 Å². The number of carbonyl (C=O) groups is 2. The molecular weight excluding hydrogens is 280 g/mol. The van der Waals surface area contributed by atoms with Crippen LogP contribution >= 0.6 is 0 Å². The molecule has 0 unspecified atom stereocenters. The topological polar surface area (TPSA) is 58.6 Å². The first-order valence-electron chi connectivity index (χ1n) is 7.88. The lowest BCUT2D eigenvalue weighted by molar-refractivity contribution is -0.134. The van der Waals surface area contributed by atoms with E-state index >= 15 is 0 Å². The highest BCUT2D eigenvalue weighted by atomic mass is 16.5. The van der Waals surface area contributed by atoms with E-state index in [0.717, 1.165) is 12.1 Å². The van der Waals surface area contributed by atoms with E-state index in [9.17, 15) is 9.59 Å². The molecule has 118 valence electrons. The first-order chi connectivity index (χ1) is 10.6. The van der Waals surface area contributed by atoms with Gasteiger partial charge in [-0.25, -0.2) is 0 Å². The Kier molecular flexibility index (Phi) is 4.16. The monoisotopic (exact) mass is 302 g/mol. The second-order valence-corrected chi connectivity index (χ2v) is 6.25. The maximum absolute atomic E-state index is 12.6. The van der Waals surface area contributed by atoms with Crippen LogP contribution in [-0.4, -0.2) is 36.6 Å². The van der Waals surface area contributed by atoms with E-state index in [1.165, 1.54) is 0 Å². The average molecular weight is 302 g/mol. The number of hydrogen-bond acceptors (Lipinski definition) is 3. The summed E-state index contributed by atoms with van der Waals surface area (Å²) >= 11 is 0. The van der Waals surface area contributed by atoms with Crippen LogP contribution in [-0.2, 0) is 14.3 Å². The molecular formula is C17H22N2O3. The summed E-state index contributed by atoms with van der Waals surface area (Å²) in [6.07, 6.45) is 1.10. The number of benzene rings is 1. The van der Waals surface area contributed by atoms with Gasteiger partial charge in [0.25, 0.3) is 0 Å². The van der Waals surface area contributed by atoms with Crippen molar-refractivity contribution in [3.05, 3.63) is 30.3 Å². The van der Waals surface area contributed by atoms with Crippen LogP contribution in [0.15, 0.2) is 30.3 Å². The zero-order chi connectivity index (χ0) is 15.7. The van der Waals surface area contributed by atoms with Gasteiger partial charge >= 0.3 is 0 Å². The van der Waals surface area contributed by atoms with Crippen molar-refractivity contribution in [2.24, 2.45) is 5.92 Å². The van der Waals surface area contributed by atoms with Crippen molar-refractivity contribution in [1.82, 2.24) is 5.32 Å². The van der Waals surface area contributed by atoms with Crippen molar-refractivity contribution in [2.45, 2.75) is 44.9 Å². The smallest absolute Gasteiger partial charge is 0.250 e. The molecule has 5 nitrogen and oxygen atoms in total. The minimum absolute atomic E-state index is 0.0438. The number of anilines is 1. The molecule has 1 N–H and O–H groups in total. The molecule has 3 rings (SSSR count). The van der Waals surface area contributed by atoms with E-state index < -0.39 is 12.1 Å². The standard InChI is InChI=1S/C17H22N2O3/c1-11-8-9-22-15(11)16(20)18-14-10-12(2)19(17(14)21)13-6-4-3-5-7-13/h3-7,11-12,14-15H,8-10H2,1-2H3,(H,18,20)/t11-,12-,14+,15+/m1/s1. The highest BCUT2D eigenvalue weighted by molar-refractivity contribution is 6.02. The van der Waals surface area contributed by atoms with Crippen LogP contribution in [0, 0.1) is 5.92 Å². The van der Waals surface area contributed by atoms with Crippen molar-refractivity contribution in [2.75, 3.05) is 11.5 Å². The maximum atomic E-state index is 12.6. The van der Waals surface area contributed by atoms with Crippen molar-refractivity contribution < 1.29 is 14.3 Å². The zero-order valence-electron chi connectivity index (χ0n) is 13.0. The molecule has 2 fully saturated rings. The molecule has 1 aromatic rings. The van der Waals surface area contributed by atoms with Crippen LogP contribution < -0.4 is 10.2 Å². The molecule has 5 heteroatoms. The van der Waals surface area contributed by atoms with Gasteiger partial charge in [-0.05, 0) is 37.8 Å². The predicted octanol–water partition coefficient (Wildman–Crippen LogP) is 1.72. The number of amides is 2. The van der Waals surface area contributed by atoms with E-state index in [0.29, 0.717) is 13.0 Å². The molecule has 0 aromatic heterocycles. The summed E-state index contributed by atoms with van der Waals surface area (Å²) in [6, 6.07) is 9.19. The van der Waals surface area contributed by atoms with Crippen LogP contribution in [0.25, 0.3) is 0 Å². The molecule has 0 radical (unpaired) electrons. The quantitative estimate of drug-likeness (QED) is 0.925. The first kappa shape index (κ1) is 15.0. The van der Waals surface area contributed by atoms with Gasteiger partial charge in [0, 0.05) is 18.3 Å². The van der Waals surface area contributed by atoms with Crippen LogP contribution in [0.5, 0.6) is 0 Å². The highest BCUT2D eigenvalue weighted by Crippen LogP contribution is 2.27. The summed E-state index contributed by atoms with van der Waals surface area (Å²) in [7, 11) is 0. The van der Waals surface area contributed by atoms with Crippen LogP contribution in [0.4, 0.5) is 5.69 Å². The molecule has 0 bridgehead atoms. The largest absolute Gasteiger partial charge is 0.368 e. The lowest BCUT2D eigenvalue weighted by Gasteiger charge is -2.22. The van der Waals surface area contributed by atoms with E-state index in [2.05, 4.69) is 5.32 Å². The normalized spacial score (nSPS) is 31.5. The van der Waals surface area contributed by atoms with Gasteiger partial charge in [0.15, 0.2) is 0 Å². The predicted molar refractivity (Wildman–Crippen MR) is 83.5 cm³/mol. The van der Waals surface area contributed by atoms with E-state index in [1.54, 1.807) is 4.90 Å².